The van der Waals surface area contributed by atoms with Gasteiger partial charge in [-0.3, -0.25) is 4.79 Å². The molecular formula is C12H9Cl3N2O. The molecule has 1 aromatic heterocycles. The van der Waals surface area contributed by atoms with Crippen molar-refractivity contribution in [3.8, 4) is 5.69 Å². The normalized spacial score (nSPS) is 10.4. The largest absolute Gasteiger partial charge is 0.323 e. The molecule has 0 spiro atoms. The molecule has 1 amide bonds. The summed E-state index contributed by atoms with van der Waals surface area (Å²) < 4.78 is 1.83. The second-order valence-corrected chi connectivity index (χ2v) is 4.64. The Balaban J connectivity index is 2.49. The number of benzene rings is 1. The van der Waals surface area contributed by atoms with Gasteiger partial charge < -0.3 is 9.88 Å². The van der Waals surface area contributed by atoms with Gasteiger partial charge in [-0.05, 0) is 24.3 Å². The second kappa shape index (κ2) is 5.65. The number of anilines is 1. The van der Waals surface area contributed by atoms with Gasteiger partial charge in [0.2, 0.25) is 5.91 Å². The van der Waals surface area contributed by atoms with Gasteiger partial charge in [0.05, 0.1) is 21.4 Å². The monoisotopic (exact) mass is 302 g/mol. The Labute approximate surface area is 119 Å². The number of aromatic nitrogens is 1. The zero-order valence-corrected chi connectivity index (χ0v) is 11.4. The molecule has 0 fully saturated rings. The summed E-state index contributed by atoms with van der Waals surface area (Å²) in [7, 11) is 0. The van der Waals surface area contributed by atoms with Crippen LogP contribution in [0.1, 0.15) is 0 Å². The third-order valence-electron chi connectivity index (χ3n) is 2.32. The van der Waals surface area contributed by atoms with Crippen LogP contribution in [-0.4, -0.2) is 16.4 Å². The fourth-order valence-electron chi connectivity index (χ4n) is 1.53. The summed E-state index contributed by atoms with van der Waals surface area (Å²) in [6.07, 6.45) is 3.69. The molecule has 0 saturated heterocycles. The van der Waals surface area contributed by atoms with Crippen molar-refractivity contribution >= 4 is 46.4 Å². The Hall–Kier alpha value is -1.16. The number of hydrogen-bond acceptors (Lipinski definition) is 1. The van der Waals surface area contributed by atoms with Gasteiger partial charge in [0.25, 0.3) is 0 Å². The van der Waals surface area contributed by atoms with Crippen LogP contribution in [0.25, 0.3) is 5.69 Å². The summed E-state index contributed by atoms with van der Waals surface area (Å²) >= 11 is 17.4. The maximum absolute atomic E-state index is 11.4. The van der Waals surface area contributed by atoms with E-state index in [1.54, 1.807) is 12.1 Å². The van der Waals surface area contributed by atoms with Crippen LogP contribution < -0.4 is 5.32 Å². The highest BCUT2D eigenvalue weighted by Crippen LogP contribution is 2.31. The zero-order valence-electron chi connectivity index (χ0n) is 9.16. The molecule has 3 nitrogen and oxygen atoms in total. The molecule has 0 radical (unpaired) electrons. The lowest BCUT2D eigenvalue weighted by Gasteiger charge is -2.13. The van der Waals surface area contributed by atoms with Gasteiger partial charge in [-0.25, -0.2) is 0 Å². The zero-order chi connectivity index (χ0) is 13.1. The van der Waals surface area contributed by atoms with Gasteiger partial charge in [0.15, 0.2) is 0 Å². The predicted molar refractivity (Wildman–Crippen MR) is 75.1 cm³/mol. The van der Waals surface area contributed by atoms with Crippen LogP contribution in [0.2, 0.25) is 10.0 Å². The van der Waals surface area contributed by atoms with E-state index in [2.05, 4.69) is 5.32 Å². The van der Waals surface area contributed by atoms with Crippen LogP contribution in [0.3, 0.4) is 0 Å². The summed E-state index contributed by atoms with van der Waals surface area (Å²) in [5.41, 5.74) is 1.29. The van der Waals surface area contributed by atoms with Crippen molar-refractivity contribution in [1.29, 1.82) is 0 Å². The summed E-state index contributed by atoms with van der Waals surface area (Å²) in [6.45, 7) is 0. The Morgan fingerprint density at radius 3 is 2.39 bits per heavy atom. The molecule has 0 bridgehead atoms. The first kappa shape index (κ1) is 13.3. The molecular weight excluding hydrogens is 295 g/mol. The number of alkyl halides is 1. The van der Waals surface area contributed by atoms with Gasteiger partial charge in [-0.2, -0.15) is 0 Å². The molecule has 94 valence electrons. The molecule has 0 aliphatic carbocycles. The third-order valence-corrected chi connectivity index (χ3v) is 3.28. The molecule has 0 atom stereocenters. The van der Waals surface area contributed by atoms with Gasteiger partial charge in [0.1, 0.15) is 5.88 Å². The molecule has 1 heterocycles. The van der Waals surface area contributed by atoms with Crippen molar-refractivity contribution in [3.63, 3.8) is 0 Å². The quantitative estimate of drug-likeness (QED) is 0.856. The standard InChI is InChI=1S/C12H9Cl3N2O/c13-7-12(18)16-10-5-8(14)9(15)6-11(10)17-3-1-2-4-17/h1-6H,7H2,(H,16,18). The van der Waals surface area contributed by atoms with E-state index in [1.807, 2.05) is 29.1 Å². The first-order valence-electron chi connectivity index (χ1n) is 5.10. The number of carbonyl (C=O) groups is 1. The van der Waals surface area contributed by atoms with Crippen LogP contribution >= 0.6 is 34.8 Å². The van der Waals surface area contributed by atoms with E-state index >= 15 is 0 Å². The van der Waals surface area contributed by atoms with E-state index in [-0.39, 0.29) is 11.8 Å². The third kappa shape index (κ3) is 2.80. The van der Waals surface area contributed by atoms with Gasteiger partial charge in [0, 0.05) is 12.4 Å². The van der Waals surface area contributed by atoms with Gasteiger partial charge in [-0.1, -0.05) is 23.2 Å². The Bertz CT molecular complexity index is 567. The highest BCUT2D eigenvalue weighted by molar-refractivity contribution is 6.42. The maximum Gasteiger partial charge on any atom is 0.239 e. The predicted octanol–water partition coefficient (Wildman–Crippen LogP) is 3.96. The van der Waals surface area contributed by atoms with E-state index in [1.165, 1.54) is 0 Å². The molecule has 1 N–H and O–H groups in total. The lowest BCUT2D eigenvalue weighted by atomic mass is 10.2. The van der Waals surface area contributed by atoms with Crippen LogP contribution in [0.15, 0.2) is 36.7 Å². The van der Waals surface area contributed by atoms with Crippen LogP contribution in [0, 0.1) is 0 Å². The molecule has 0 aliphatic heterocycles. The molecule has 2 aromatic rings. The number of halogens is 3. The minimum Gasteiger partial charge on any atom is -0.323 e. The number of rotatable bonds is 3. The molecule has 2 rings (SSSR count). The lowest BCUT2D eigenvalue weighted by Crippen LogP contribution is -2.14. The summed E-state index contributed by atoms with van der Waals surface area (Å²) in [5, 5.41) is 3.47. The van der Waals surface area contributed by atoms with Crippen molar-refractivity contribution in [3.05, 3.63) is 46.7 Å². The number of carbonyl (C=O) groups excluding carboxylic acids is 1. The topological polar surface area (TPSA) is 34.0 Å². The molecule has 6 heteroatoms. The van der Waals surface area contributed by atoms with Crippen molar-refractivity contribution in [2.75, 3.05) is 11.2 Å². The summed E-state index contributed by atoms with van der Waals surface area (Å²) in [5.74, 6) is -0.422. The molecule has 0 saturated carbocycles. The molecule has 18 heavy (non-hydrogen) atoms. The van der Waals surface area contributed by atoms with E-state index in [4.69, 9.17) is 34.8 Å². The average molecular weight is 304 g/mol. The number of nitrogens with zero attached hydrogens (tertiary/aromatic N) is 1. The van der Waals surface area contributed by atoms with E-state index < -0.39 is 0 Å². The van der Waals surface area contributed by atoms with E-state index in [0.717, 1.165) is 5.69 Å². The van der Waals surface area contributed by atoms with Crippen LogP contribution in [-0.2, 0) is 4.79 Å². The van der Waals surface area contributed by atoms with E-state index in [0.29, 0.717) is 15.7 Å². The molecule has 0 aliphatic rings. The fourth-order valence-corrected chi connectivity index (χ4v) is 1.92. The number of amides is 1. The Kier molecular flexibility index (Phi) is 4.17. The smallest absolute Gasteiger partial charge is 0.239 e. The van der Waals surface area contributed by atoms with Crippen LogP contribution in [0.5, 0.6) is 0 Å². The summed E-state index contributed by atoms with van der Waals surface area (Å²) in [4.78, 5) is 11.4. The fraction of sp³-hybridized carbons (Fsp3) is 0.0833. The first-order chi connectivity index (χ1) is 8.61. The minimum atomic E-state index is -0.302. The van der Waals surface area contributed by atoms with Crippen LogP contribution in [0.4, 0.5) is 5.69 Å². The molecule has 0 unspecified atom stereocenters. The number of hydrogen-bond donors (Lipinski definition) is 1. The average Bonchev–Trinajstić information content (AvgIpc) is 2.87. The lowest BCUT2D eigenvalue weighted by molar-refractivity contribution is -0.113. The highest BCUT2D eigenvalue weighted by Gasteiger charge is 2.11. The SMILES string of the molecule is O=C(CCl)Nc1cc(Cl)c(Cl)cc1-n1cccc1. The Morgan fingerprint density at radius 1 is 1.17 bits per heavy atom. The van der Waals surface area contributed by atoms with Crippen molar-refractivity contribution in [2.24, 2.45) is 0 Å². The Morgan fingerprint density at radius 2 is 1.78 bits per heavy atom. The first-order valence-corrected chi connectivity index (χ1v) is 6.39. The van der Waals surface area contributed by atoms with Crippen molar-refractivity contribution < 1.29 is 4.79 Å². The minimum absolute atomic E-state index is 0.120. The van der Waals surface area contributed by atoms with Gasteiger partial charge >= 0.3 is 0 Å². The van der Waals surface area contributed by atoms with Crippen molar-refractivity contribution in [1.82, 2.24) is 4.57 Å². The van der Waals surface area contributed by atoms with Gasteiger partial charge in [-0.15, -0.1) is 11.6 Å². The second-order valence-electron chi connectivity index (χ2n) is 3.56. The van der Waals surface area contributed by atoms with Crippen molar-refractivity contribution in [2.45, 2.75) is 0 Å². The highest BCUT2D eigenvalue weighted by atomic mass is 35.5. The molecule has 1 aromatic carbocycles. The van der Waals surface area contributed by atoms with E-state index in [9.17, 15) is 4.79 Å². The maximum atomic E-state index is 11.4. The summed E-state index contributed by atoms with van der Waals surface area (Å²) in [6, 6.07) is 7.03. The number of nitrogens with one attached hydrogen (secondary N) is 1.